The Bertz CT molecular complexity index is 1600. The summed E-state index contributed by atoms with van der Waals surface area (Å²) >= 11 is 0. The minimum atomic E-state index is -3.97. The molecule has 1 heterocycles. The first-order chi connectivity index (χ1) is 17.6. The molecule has 0 radical (unpaired) electrons. The third-order valence-corrected chi connectivity index (χ3v) is 7.07. The van der Waals surface area contributed by atoms with E-state index in [0.717, 1.165) is 0 Å². The van der Waals surface area contributed by atoms with Crippen LogP contribution in [0.15, 0.2) is 89.0 Å². The Balaban J connectivity index is 1.68. The van der Waals surface area contributed by atoms with Crippen molar-refractivity contribution in [1.82, 2.24) is 0 Å². The number of rotatable bonds is 6. The molecule has 37 heavy (non-hydrogen) atoms. The standard InChI is InChI=1S/C26H18N2O8S/c1-35-16-10-6-14(7-11-16)22(29)20-21(28-15-8-12-17(13-9-15)37(27,33)34)25(32)36-26(20)23(30)18-4-2-3-5-19(18)24(26)31/h2-13,28H,1H3,(H2,27,33,34). The number of ether oxygens (including phenoxy) is 2. The largest absolute Gasteiger partial charge is 0.497 e. The van der Waals surface area contributed by atoms with E-state index in [-0.39, 0.29) is 27.3 Å². The Morgan fingerprint density at radius 3 is 1.97 bits per heavy atom. The first-order valence-electron chi connectivity index (χ1n) is 10.8. The van der Waals surface area contributed by atoms with Crippen molar-refractivity contribution in [2.45, 2.75) is 10.5 Å². The Kier molecular flexibility index (Phi) is 5.54. The molecule has 0 atom stereocenters. The number of sulfonamides is 1. The summed E-state index contributed by atoms with van der Waals surface area (Å²) < 4.78 is 33.7. The Hall–Kier alpha value is -4.61. The van der Waals surface area contributed by atoms with Crippen LogP contribution in [0, 0.1) is 0 Å². The van der Waals surface area contributed by atoms with Crippen LogP contribution in [0.25, 0.3) is 0 Å². The maximum atomic E-state index is 13.8. The highest BCUT2D eigenvalue weighted by Crippen LogP contribution is 2.45. The van der Waals surface area contributed by atoms with Crippen LogP contribution in [0.5, 0.6) is 5.75 Å². The number of anilines is 1. The van der Waals surface area contributed by atoms with Crippen LogP contribution in [0.1, 0.15) is 31.1 Å². The van der Waals surface area contributed by atoms with E-state index in [2.05, 4.69) is 5.32 Å². The molecule has 186 valence electrons. The molecule has 11 heteroatoms. The van der Waals surface area contributed by atoms with Crippen LogP contribution in [0.3, 0.4) is 0 Å². The average Bonchev–Trinajstić information content (AvgIpc) is 3.30. The number of fused-ring (bicyclic) bond motifs is 1. The van der Waals surface area contributed by atoms with Crippen LogP contribution < -0.4 is 15.2 Å². The number of primary sulfonamides is 1. The highest BCUT2D eigenvalue weighted by Gasteiger charge is 2.65. The molecule has 0 bridgehead atoms. The number of nitrogens with two attached hydrogens (primary N) is 1. The summed E-state index contributed by atoms with van der Waals surface area (Å²) in [6, 6.07) is 16.9. The Morgan fingerprint density at radius 1 is 0.892 bits per heavy atom. The van der Waals surface area contributed by atoms with Gasteiger partial charge < -0.3 is 14.8 Å². The third kappa shape index (κ3) is 3.72. The van der Waals surface area contributed by atoms with E-state index in [4.69, 9.17) is 14.6 Å². The van der Waals surface area contributed by atoms with E-state index >= 15 is 0 Å². The highest BCUT2D eigenvalue weighted by molar-refractivity contribution is 7.89. The van der Waals surface area contributed by atoms with E-state index in [1.54, 1.807) is 12.1 Å². The Morgan fingerprint density at radius 2 is 1.46 bits per heavy atom. The summed E-state index contributed by atoms with van der Waals surface area (Å²) in [6.45, 7) is 0. The second-order valence-electron chi connectivity index (χ2n) is 8.28. The van der Waals surface area contributed by atoms with Gasteiger partial charge in [-0.2, -0.15) is 0 Å². The van der Waals surface area contributed by atoms with Gasteiger partial charge in [0.25, 0.3) is 5.60 Å². The molecule has 1 spiro atoms. The topological polar surface area (TPSA) is 159 Å². The van der Waals surface area contributed by atoms with Gasteiger partial charge in [-0.1, -0.05) is 24.3 Å². The summed E-state index contributed by atoms with van der Waals surface area (Å²) in [5.74, 6) is -3.08. The van der Waals surface area contributed by atoms with Gasteiger partial charge in [-0.3, -0.25) is 14.4 Å². The van der Waals surface area contributed by atoms with E-state index in [1.807, 2.05) is 0 Å². The van der Waals surface area contributed by atoms with Crippen LogP contribution in [0.2, 0.25) is 0 Å². The maximum Gasteiger partial charge on any atom is 0.357 e. The van der Waals surface area contributed by atoms with E-state index in [0.29, 0.717) is 5.75 Å². The number of hydrogen-bond donors (Lipinski definition) is 2. The molecule has 0 saturated heterocycles. The summed E-state index contributed by atoms with van der Waals surface area (Å²) in [4.78, 5) is 53.9. The monoisotopic (exact) mass is 518 g/mol. The molecule has 0 saturated carbocycles. The van der Waals surface area contributed by atoms with Crippen molar-refractivity contribution in [3.63, 3.8) is 0 Å². The lowest BCUT2D eigenvalue weighted by atomic mass is 9.83. The fraction of sp³-hybridized carbons (Fsp3) is 0.0769. The molecular weight excluding hydrogens is 500 g/mol. The average molecular weight is 519 g/mol. The van der Waals surface area contributed by atoms with Crippen LogP contribution in [-0.2, 0) is 19.6 Å². The second-order valence-corrected chi connectivity index (χ2v) is 9.84. The number of esters is 1. The van der Waals surface area contributed by atoms with Gasteiger partial charge in [-0.15, -0.1) is 0 Å². The lowest BCUT2D eigenvalue weighted by Gasteiger charge is -2.21. The summed E-state index contributed by atoms with van der Waals surface area (Å²) in [7, 11) is -2.52. The number of nitrogens with one attached hydrogen (secondary N) is 1. The molecule has 10 nitrogen and oxygen atoms in total. The molecule has 3 aromatic rings. The molecular formula is C26H18N2O8S. The van der Waals surface area contributed by atoms with Gasteiger partial charge in [0.2, 0.25) is 21.6 Å². The lowest BCUT2D eigenvalue weighted by molar-refractivity contribution is -0.141. The van der Waals surface area contributed by atoms with E-state index in [9.17, 15) is 27.6 Å². The summed E-state index contributed by atoms with van der Waals surface area (Å²) in [5.41, 5.74) is -3.07. The van der Waals surface area contributed by atoms with Crippen LogP contribution >= 0.6 is 0 Å². The molecule has 1 aliphatic carbocycles. The SMILES string of the molecule is COc1ccc(C(=O)C2=C(Nc3ccc(S(N)(=O)=O)cc3)C(=O)OC23C(=O)c2ccccc2C3=O)cc1. The quantitative estimate of drug-likeness (QED) is 0.283. The molecule has 2 aliphatic rings. The van der Waals surface area contributed by atoms with Gasteiger partial charge in [0, 0.05) is 22.4 Å². The predicted octanol–water partition coefficient (Wildman–Crippen LogP) is 2.27. The zero-order valence-corrected chi connectivity index (χ0v) is 20.0. The number of benzene rings is 3. The third-order valence-electron chi connectivity index (χ3n) is 6.14. The maximum absolute atomic E-state index is 13.8. The smallest absolute Gasteiger partial charge is 0.357 e. The minimum Gasteiger partial charge on any atom is -0.497 e. The zero-order chi connectivity index (χ0) is 26.5. The fourth-order valence-corrected chi connectivity index (χ4v) is 4.86. The van der Waals surface area contributed by atoms with Crippen molar-refractivity contribution in [3.8, 4) is 5.75 Å². The number of carbonyl (C=O) groups excluding carboxylic acids is 4. The summed E-state index contributed by atoms with van der Waals surface area (Å²) in [6.07, 6.45) is 0. The highest BCUT2D eigenvalue weighted by atomic mass is 32.2. The van der Waals surface area contributed by atoms with E-state index < -0.39 is 50.2 Å². The van der Waals surface area contributed by atoms with Gasteiger partial charge in [0.1, 0.15) is 11.4 Å². The first kappa shape index (κ1) is 24.1. The fourth-order valence-electron chi connectivity index (χ4n) is 4.35. The van der Waals surface area contributed by atoms with Gasteiger partial charge in [0.05, 0.1) is 17.6 Å². The van der Waals surface area contributed by atoms with Crippen molar-refractivity contribution < 1.29 is 37.1 Å². The van der Waals surface area contributed by atoms with Crippen molar-refractivity contribution in [2.75, 3.05) is 12.4 Å². The number of hydrogen-bond acceptors (Lipinski definition) is 9. The van der Waals surface area contributed by atoms with Crippen LogP contribution in [-0.4, -0.2) is 44.4 Å². The normalized spacial score (nSPS) is 16.1. The molecule has 3 N–H and O–H groups in total. The van der Waals surface area contributed by atoms with Gasteiger partial charge in [0.15, 0.2) is 5.78 Å². The first-order valence-corrected chi connectivity index (χ1v) is 12.4. The predicted molar refractivity (Wildman–Crippen MR) is 130 cm³/mol. The van der Waals surface area contributed by atoms with Crippen molar-refractivity contribution in [3.05, 3.63) is 101 Å². The molecule has 0 fully saturated rings. The molecule has 0 unspecified atom stereocenters. The molecule has 0 aromatic heterocycles. The molecule has 0 amide bonds. The second kappa shape index (κ2) is 8.50. The van der Waals surface area contributed by atoms with Crippen molar-refractivity contribution in [1.29, 1.82) is 0 Å². The summed E-state index contributed by atoms with van der Waals surface area (Å²) in [5, 5.41) is 7.86. The van der Waals surface area contributed by atoms with Gasteiger partial charge in [-0.05, 0) is 48.5 Å². The molecule has 1 aliphatic heterocycles. The molecule has 5 rings (SSSR count). The van der Waals surface area contributed by atoms with Crippen LogP contribution in [0.4, 0.5) is 5.69 Å². The number of Topliss-reactive ketones (excluding diaryl/α,β-unsaturated/α-hetero) is 3. The lowest BCUT2D eigenvalue weighted by Crippen LogP contribution is -2.46. The van der Waals surface area contributed by atoms with Gasteiger partial charge in [-0.25, -0.2) is 18.4 Å². The van der Waals surface area contributed by atoms with Gasteiger partial charge >= 0.3 is 5.97 Å². The number of methoxy groups -OCH3 is 1. The van der Waals surface area contributed by atoms with E-state index in [1.165, 1.54) is 67.8 Å². The minimum absolute atomic E-state index is 0.0269. The van der Waals surface area contributed by atoms with Crippen molar-refractivity contribution in [2.24, 2.45) is 5.14 Å². The Labute approximate surface area is 210 Å². The number of ketones is 3. The van der Waals surface area contributed by atoms with Crippen molar-refractivity contribution >= 4 is 39.0 Å². The zero-order valence-electron chi connectivity index (χ0n) is 19.2. The number of carbonyl (C=O) groups is 4. The molecule has 3 aromatic carbocycles.